The van der Waals surface area contributed by atoms with Crippen molar-refractivity contribution in [2.45, 2.75) is 27.2 Å². The molecule has 26 heavy (non-hydrogen) atoms. The molecule has 0 unspecified atom stereocenters. The van der Waals surface area contributed by atoms with Crippen LogP contribution in [0.25, 0.3) is 12.2 Å². The number of Topliss-reactive ketones (excluding diaryl/α,β-unsaturated/α-hetero) is 1. The number of hydrogen-bond donors (Lipinski definition) is 1. The van der Waals surface area contributed by atoms with Gasteiger partial charge in [-0.25, -0.2) is 0 Å². The first-order valence-electron chi connectivity index (χ1n) is 8.30. The monoisotopic (exact) mass is 393 g/mol. The minimum Gasteiger partial charge on any atom is -0.489 e. The molecule has 0 amide bonds. The third-order valence-corrected chi connectivity index (χ3v) is 5.05. The predicted octanol–water partition coefficient (Wildman–Crippen LogP) is 2.48. The van der Waals surface area contributed by atoms with Gasteiger partial charge >= 0.3 is 0 Å². The van der Waals surface area contributed by atoms with E-state index in [-0.39, 0.29) is 11.3 Å². The highest BCUT2D eigenvalue weighted by Gasteiger charge is 2.19. The second-order valence-electron chi connectivity index (χ2n) is 7.07. The van der Waals surface area contributed by atoms with Gasteiger partial charge in [0.1, 0.15) is 0 Å². The van der Waals surface area contributed by atoms with Crippen molar-refractivity contribution in [2.75, 3.05) is 13.2 Å². The number of carbonyl (C=O) groups is 1. The first kappa shape index (κ1) is 18.7. The maximum atomic E-state index is 12.2. The Morgan fingerprint density at radius 3 is 2.73 bits per heavy atom. The van der Waals surface area contributed by atoms with Gasteiger partial charge in [0.05, 0.1) is 27.4 Å². The zero-order valence-corrected chi connectivity index (χ0v) is 16.4. The fourth-order valence-electron chi connectivity index (χ4n) is 2.35. The van der Waals surface area contributed by atoms with Gasteiger partial charge in [-0.1, -0.05) is 32.4 Å². The zero-order valence-electron chi connectivity index (χ0n) is 14.8. The van der Waals surface area contributed by atoms with Crippen molar-refractivity contribution in [1.82, 2.24) is 4.98 Å². The van der Waals surface area contributed by atoms with Gasteiger partial charge in [-0.15, -0.1) is 11.3 Å². The van der Waals surface area contributed by atoms with Crippen LogP contribution in [0.2, 0.25) is 5.02 Å². The molecule has 1 aliphatic heterocycles. The van der Waals surface area contributed by atoms with Gasteiger partial charge in [-0.3, -0.25) is 9.59 Å². The molecule has 2 aromatic rings. The minimum atomic E-state index is -0.493. The standard InChI is InChI=1S/C19H20ClNO4S/c1-19(2,3)15(22)10-16-21-18(23)14(26-16)9-11-7-12(20)17-13(8-11)24-5-4-6-25-17/h7-10H,4-6H2,1-3H3,(H,21,23)/b14-9+,16-10+. The first-order chi connectivity index (χ1) is 12.2. The van der Waals surface area contributed by atoms with Crippen molar-refractivity contribution in [3.8, 4) is 11.5 Å². The Morgan fingerprint density at radius 2 is 2.00 bits per heavy atom. The molecule has 7 heteroatoms. The quantitative estimate of drug-likeness (QED) is 0.851. The molecular formula is C19H20ClNO4S. The second kappa shape index (κ2) is 7.29. The van der Waals surface area contributed by atoms with E-state index < -0.39 is 5.41 Å². The van der Waals surface area contributed by atoms with Gasteiger partial charge in [0.25, 0.3) is 5.56 Å². The molecule has 0 spiro atoms. The van der Waals surface area contributed by atoms with Crippen LogP contribution < -0.4 is 24.2 Å². The van der Waals surface area contributed by atoms with Gasteiger partial charge < -0.3 is 14.5 Å². The number of hydrogen-bond acceptors (Lipinski definition) is 5. The van der Waals surface area contributed by atoms with Gasteiger partial charge in [-0.2, -0.15) is 0 Å². The third kappa shape index (κ3) is 4.19. The summed E-state index contributed by atoms with van der Waals surface area (Å²) in [4.78, 5) is 27.1. The Balaban J connectivity index is 2.03. The van der Waals surface area contributed by atoms with E-state index in [1.54, 1.807) is 18.2 Å². The van der Waals surface area contributed by atoms with E-state index in [4.69, 9.17) is 21.1 Å². The third-order valence-electron chi connectivity index (χ3n) is 3.80. The Morgan fingerprint density at radius 1 is 1.27 bits per heavy atom. The smallest absolute Gasteiger partial charge is 0.266 e. The molecule has 0 atom stereocenters. The Bertz CT molecular complexity index is 1010. The summed E-state index contributed by atoms with van der Waals surface area (Å²) in [5.74, 6) is 1.07. The summed E-state index contributed by atoms with van der Waals surface area (Å²) >= 11 is 7.52. The number of H-pyrrole nitrogens is 1. The van der Waals surface area contributed by atoms with Crippen molar-refractivity contribution in [3.05, 3.63) is 42.3 Å². The van der Waals surface area contributed by atoms with Crippen LogP contribution in [0.3, 0.4) is 0 Å². The van der Waals surface area contributed by atoms with Crippen LogP contribution >= 0.6 is 22.9 Å². The number of ether oxygens (including phenoxy) is 2. The highest BCUT2D eigenvalue weighted by Crippen LogP contribution is 2.38. The van der Waals surface area contributed by atoms with Crippen molar-refractivity contribution < 1.29 is 14.3 Å². The lowest BCUT2D eigenvalue weighted by Gasteiger charge is -2.12. The van der Waals surface area contributed by atoms with Crippen LogP contribution in [0.15, 0.2) is 16.9 Å². The topological polar surface area (TPSA) is 68.4 Å². The molecule has 5 nitrogen and oxygen atoms in total. The fraction of sp³-hybridized carbons (Fsp3) is 0.368. The van der Waals surface area contributed by atoms with Crippen LogP contribution in [0.5, 0.6) is 11.5 Å². The normalized spacial score (nSPS) is 15.8. The lowest BCUT2D eigenvalue weighted by Crippen LogP contribution is -2.22. The Hall–Kier alpha value is -2.05. The highest BCUT2D eigenvalue weighted by molar-refractivity contribution is 7.07. The van der Waals surface area contributed by atoms with Gasteiger partial charge in [-0.05, 0) is 23.8 Å². The van der Waals surface area contributed by atoms with Crippen molar-refractivity contribution in [1.29, 1.82) is 0 Å². The maximum absolute atomic E-state index is 12.2. The molecule has 1 aliphatic rings. The van der Waals surface area contributed by atoms with Crippen LogP contribution in [-0.2, 0) is 4.79 Å². The fourth-order valence-corrected chi connectivity index (χ4v) is 3.50. The number of nitrogens with one attached hydrogen (secondary N) is 1. The van der Waals surface area contributed by atoms with E-state index >= 15 is 0 Å². The minimum absolute atomic E-state index is 0.0415. The number of rotatable bonds is 2. The van der Waals surface area contributed by atoms with Crippen LogP contribution in [0.1, 0.15) is 32.8 Å². The summed E-state index contributed by atoms with van der Waals surface area (Å²) in [6.07, 6.45) is 3.99. The molecule has 3 rings (SSSR count). The van der Waals surface area contributed by atoms with Gasteiger partial charge in [0.15, 0.2) is 17.3 Å². The molecule has 2 heterocycles. The number of aromatic nitrogens is 1. The van der Waals surface area contributed by atoms with E-state index in [1.165, 1.54) is 17.4 Å². The molecule has 0 saturated heterocycles. The lowest BCUT2D eigenvalue weighted by molar-refractivity contribution is -0.119. The number of thiazole rings is 1. The number of aromatic amines is 1. The zero-order chi connectivity index (χ0) is 18.9. The largest absolute Gasteiger partial charge is 0.489 e. The van der Waals surface area contributed by atoms with Gasteiger partial charge in [0.2, 0.25) is 0 Å². The molecule has 0 saturated carbocycles. The molecule has 0 aliphatic carbocycles. The van der Waals surface area contributed by atoms with E-state index in [1.807, 2.05) is 20.8 Å². The summed E-state index contributed by atoms with van der Waals surface area (Å²) in [7, 11) is 0. The molecule has 0 radical (unpaired) electrons. The van der Waals surface area contributed by atoms with E-state index in [9.17, 15) is 9.59 Å². The number of halogens is 1. The molecule has 1 aromatic carbocycles. The summed E-state index contributed by atoms with van der Waals surface area (Å²) in [5.41, 5.74) is -0.00131. The molecule has 0 fully saturated rings. The van der Waals surface area contributed by atoms with E-state index in [0.29, 0.717) is 38.9 Å². The summed E-state index contributed by atoms with van der Waals surface area (Å²) in [6, 6.07) is 3.54. The molecule has 0 bridgehead atoms. The average Bonchev–Trinajstić information content (AvgIpc) is 2.74. The van der Waals surface area contributed by atoms with Crippen molar-refractivity contribution >= 4 is 40.9 Å². The number of carbonyl (C=O) groups excluding carboxylic acids is 1. The molecule has 138 valence electrons. The van der Waals surface area contributed by atoms with Crippen LogP contribution in [-0.4, -0.2) is 24.0 Å². The summed E-state index contributed by atoms with van der Waals surface area (Å²) < 4.78 is 12.3. The second-order valence-corrected chi connectivity index (χ2v) is 8.56. The van der Waals surface area contributed by atoms with E-state index in [2.05, 4.69) is 4.98 Å². The van der Waals surface area contributed by atoms with Crippen LogP contribution in [0.4, 0.5) is 0 Å². The predicted molar refractivity (Wildman–Crippen MR) is 104 cm³/mol. The molecule has 1 N–H and O–H groups in total. The Labute approximate surface area is 159 Å². The van der Waals surface area contributed by atoms with Crippen LogP contribution in [0, 0.1) is 5.41 Å². The average molecular weight is 394 g/mol. The first-order valence-corrected chi connectivity index (χ1v) is 9.49. The molecule has 1 aromatic heterocycles. The highest BCUT2D eigenvalue weighted by atomic mass is 35.5. The summed E-state index contributed by atoms with van der Waals surface area (Å²) in [5, 5.41) is 0.443. The van der Waals surface area contributed by atoms with Gasteiger partial charge in [0, 0.05) is 17.9 Å². The SMILES string of the molecule is CC(C)(C)C(=O)/C=c1\[nH]c(=O)/c(=C\c2cc(Cl)c3c(c2)OCCCO3)s1. The Kier molecular flexibility index (Phi) is 5.25. The number of benzene rings is 1. The van der Waals surface area contributed by atoms with E-state index in [0.717, 1.165) is 12.0 Å². The lowest BCUT2D eigenvalue weighted by atomic mass is 9.91. The number of fused-ring (bicyclic) bond motifs is 1. The maximum Gasteiger partial charge on any atom is 0.266 e. The molecular weight excluding hydrogens is 374 g/mol. The van der Waals surface area contributed by atoms with Crippen molar-refractivity contribution in [3.63, 3.8) is 0 Å². The van der Waals surface area contributed by atoms with Crippen molar-refractivity contribution in [2.24, 2.45) is 5.41 Å². The summed E-state index contributed by atoms with van der Waals surface area (Å²) in [6.45, 7) is 6.63. The number of ketones is 1.